The van der Waals surface area contributed by atoms with Gasteiger partial charge in [0.25, 0.3) is 0 Å². The third kappa shape index (κ3) is 3.89. The Labute approximate surface area is 103 Å². The fourth-order valence-corrected chi connectivity index (χ4v) is 1.66. The van der Waals surface area contributed by atoms with Gasteiger partial charge >= 0.3 is 0 Å². The van der Waals surface area contributed by atoms with Crippen molar-refractivity contribution in [1.29, 1.82) is 0 Å². The van der Waals surface area contributed by atoms with E-state index in [-0.39, 0.29) is 0 Å². The number of aryl methyl sites for hydroxylation is 2. The predicted octanol–water partition coefficient (Wildman–Crippen LogP) is 3.44. The molecule has 0 aromatic heterocycles. The van der Waals surface area contributed by atoms with Gasteiger partial charge in [-0.15, -0.1) is 0 Å². The van der Waals surface area contributed by atoms with Crippen molar-refractivity contribution in [3.05, 3.63) is 33.8 Å². The number of benzene rings is 1. The van der Waals surface area contributed by atoms with E-state index < -0.39 is 0 Å². The lowest BCUT2D eigenvalue weighted by atomic mass is 10.1. The summed E-state index contributed by atoms with van der Waals surface area (Å²) in [5.74, 6) is 6.25. The van der Waals surface area contributed by atoms with Gasteiger partial charge < -0.3 is 5.73 Å². The third-order valence-electron chi connectivity index (χ3n) is 2.56. The van der Waals surface area contributed by atoms with Crippen molar-refractivity contribution in [2.45, 2.75) is 33.1 Å². The average Bonchev–Trinajstić information content (AvgIpc) is 2.25. The van der Waals surface area contributed by atoms with E-state index >= 15 is 0 Å². The van der Waals surface area contributed by atoms with Crippen LogP contribution in [0.25, 0.3) is 0 Å². The van der Waals surface area contributed by atoms with Gasteiger partial charge in [0.15, 0.2) is 0 Å². The quantitative estimate of drug-likeness (QED) is 0.631. The van der Waals surface area contributed by atoms with Crippen LogP contribution in [0.3, 0.4) is 0 Å². The zero-order chi connectivity index (χ0) is 12.0. The van der Waals surface area contributed by atoms with Gasteiger partial charge in [0, 0.05) is 12.0 Å². The second-order valence-electron chi connectivity index (χ2n) is 3.96. The topological polar surface area (TPSA) is 26.0 Å². The van der Waals surface area contributed by atoms with Gasteiger partial charge in [-0.05, 0) is 56.5 Å². The lowest BCUT2D eigenvalue weighted by molar-refractivity contribution is 0.768. The molecular weight excluding hydrogens is 218 g/mol. The number of nitrogens with two attached hydrogens (primary N) is 1. The minimum Gasteiger partial charge on any atom is -0.330 e. The zero-order valence-electron chi connectivity index (χ0n) is 9.94. The van der Waals surface area contributed by atoms with Crippen molar-refractivity contribution >= 4 is 11.6 Å². The Morgan fingerprint density at radius 1 is 1.19 bits per heavy atom. The van der Waals surface area contributed by atoms with E-state index in [1.807, 2.05) is 12.1 Å². The lowest BCUT2D eigenvalue weighted by Gasteiger charge is -2.02. The molecule has 0 aliphatic heterocycles. The first kappa shape index (κ1) is 13.1. The molecule has 0 spiro atoms. The van der Waals surface area contributed by atoms with Crippen LogP contribution in [0.5, 0.6) is 0 Å². The summed E-state index contributed by atoms with van der Waals surface area (Å²) in [7, 11) is 0. The fraction of sp³-hybridized carbons (Fsp3) is 0.429. The molecule has 2 N–H and O–H groups in total. The van der Waals surface area contributed by atoms with Crippen LogP contribution in [-0.4, -0.2) is 6.54 Å². The van der Waals surface area contributed by atoms with Crippen LogP contribution in [0.15, 0.2) is 12.1 Å². The molecule has 1 rings (SSSR count). The molecule has 0 amide bonds. The average molecular weight is 236 g/mol. The molecule has 0 aliphatic carbocycles. The van der Waals surface area contributed by atoms with Gasteiger partial charge in [-0.3, -0.25) is 0 Å². The summed E-state index contributed by atoms with van der Waals surface area (Å²) in [6.45, 7) is 4.87. The zero-order valence-corrected chi connectivity index (χ0v) is 10.7. The summed E-state index contributed by atoms with van der Waals surface area (Å²) in [5.41, 5.74) is 8.78. The van der Waals surface area contributed by atoms with Crippen LogP contribution >= 0.6 is 11.6 Å². The second-order valence-corrected chi connectivity index (χ2v) is 4.37. The monoisotopic (exact) mass is 235 g/mol. The highest BCUT2D eigenvalue weighted by molar-refractivity contribution is 6.31. The van der Waals surface area contributed by atoms with Gasteiger partial charge in [-0.1, -0.05) is 23.4 Å². The maximum Gasteiger partial charge on any atom is 0.0565 e. The van der Waals surface area contributed by atoms with E-state index in [9.17, 15) is 0 Å². The molecule has 0 atom stereocenters. The smallest absolute Gasteiger partial charge is 0.0565 e. The minimum atomic E-state index is 0.742. The SMILES string of the molecule is Cc1cc(Cl)c(C#CCCCCN)cc1C. The summed E-state index contributed by atoms with van der Waals surface area (Å²) < 4.78 is 0. The van der Waals surface area contributed by atoms with Crippen molar-refractivity contribution in [3.8, 4) is 11.8 Å². The molecule has 1 nitrogen and oxygen atoms in total. The van der Waals surface area contributed by atoms with E-state index in [0.717, 1.165) is 36.4 Å². The van der Waals surface area contributed by atoms with Gasteiger partial charge in [-0.25, -0.2) is 0 Å². The molecule has 0 bridgehead atoms. The molecule has 86 valence electrons. The number of hydrogen-bond donors (Lipinski definition) is 1. The highest BCUT2D eigenvalue weighted by atomic mass is 35.5. The van der Waals surface area contributed by atoms with Crippen molar-refractivity contribution in [1.82, 2.24) is 0 Å². The Morgan fingerprint density at radius 2 is 1.88 bits per heavy atom. The normalized spacial score (nSPS) is 9.75. The van der Waals surface area contributed by atoms with Crippen molar-refractivity contribution < 1.29 is 0 Å². The maximum atomic E-state index is 6.12. The number of hydrogen-bond acceptors (Lipinski definition) is 1. The van der Waals surface area contributed by atoms with Crippen molar-refractivity contribution in [3.63, 3.8) is 0 Å². The van der Waals surface area contributed by atoms with Crippen LogP contribution in [0, 0.1) is 25.7 Å². The molecule has 0 radical (unpaired) electrons. The van der Waals surface area contributed by atoms with Gasteiger partial charge in [0.05, 0.1) is 5.02 Å². The van der Waals surface area contributed by atoms with Crippen molar-refractivity contribution in [2.24, 2.45) is 5.73 Å². The van der Waals surface area contributed by atoms with Crippen LogP contribution in [0.1, 0.15) is 36.0 Å². The maximum absolute atomic E-state index is 6.12. The van der Waals surface area contributed by atoms with E-state index in [1.165, 1.54) is 11.1 Å². The Bertz CT molecular complexity index is 413. The first-order chi connectivity index (χ1) is 7.65. The molecule has 0 saturated heterocycles. The first-order valence-corrected chi connectivity index (χ1v) is 5.98. The van der Waals surface area contributed by atoms with Crippen LogP contribution in [-0.2, 0) is 0 Å². The standard InChI is InChI=1S/C14H18ClN/c1-11-9-13(14(15)10-12(11)2)7-5-3-4-6-8-16/h9-10H,3-4,6,8,16H2,1-2H3. The Hall–Kier alpha value is -0.970. The summed E-state index contributed by atoms with van der Waals surface area (Å²) in [5, 5.41) is 0.745. The summed E-state index contributed by atoms with van der Waals surface area (Å²) in [4.78, 5) is 0. The van der Waals surface area contributed by atoms with Gasteiger partial charge in [-0.2, -0.15) is 0 Å². The molecule has 1 aromatic rings. The summed E-state index contributed by atoms with van der Waals surface area (Å²) in [6, 6.07) is 4.02. The lowest BCUT2D eigenvalue weighted by Crippen LogP contribution is -1.96. The number of halogens is 1. The largest absolute Gasteiger partial charge is 0.330 e. The third-order valence-corrected chi connectivity index (χ3v) is 2.88. The van der Waals surface area contributed by atoms with Crippen LogP contribution < -0.4 is 5.73 Å². The molecule has 0 fully saturated rings. The van der Waals surface area contributed by atoms with E-state index in [0.29, 0.717) is 0 Å². The molecule has 0 aliphatic rings. The van der Waals surface area contributed by atoms with Crippen LogP contribution in [0.4, 0.5) is 0 Å². The Morgan fingerprint density at radius 3 is 2.56 bits per heavy atom. The number of rotatable bonds is 3. The Kier molecular flexibility index (Phi) is 5.38. The van der Waals surface area contributed by atoms with Crippen LogP contribution in [0.2, 0.25) is 5.02 Å². The van der Waals surface area contributed by atoms with Gasteiger partial charge in [0.1, 0.15) is 0 Å². The number of unbranched alkanes of at least 4 members (excludes halogenated alkanes) is 2. The van der Waals surface area contributed by atoms with E-state index in [1.54, 1.807) is 0 Å². The Balaban J connectivity index is 2.69. The summed E-state index contributed by atoms with van der Waals surface area (Å²) >= 11 is 6.12. The highest BCUT2D eigenvalue weighted by Crippen LogP contribution is 2.19. The molecule has 0 unspecified atom stereocenters. The molecule has 1 aromatic carbocycles. The minimum absolute atomic E-state index is 0.742. The second kappa shape index (κ2) is 6.58. The molecule has 0 heterocycles. The molecule has 16 heavy (non-hydrogen) atoms. The predicted molar refractivity (Wildman–Crippen MR) is 70.7 cm³/mol. The highest BCUT2D eigenvalue weighted by Gasteiger charge is 2.00. The van der Waals surface area contributed by atoms with Gasteiger partial charge in [0.2, 0.25) is 0 Å². The molecular formula is C14H18ClN. The first-order valence-electron chi connectivity index (χ1n) is 5.61. The van der Waals surface area contributed by atoms with E-state index in [2.05, 4.69) is 25.7 Å². The van der Waals surface area contributed by atoms with Crippen molar-refractivity contribution in [2.75, 3.05) is 6.54 Å². The molecule has 0 saturated carbocycles. The summed E-state index contributed by atoms with van der Waals surface area (Å²) in [6.07, 6.45) is 2.99. The fourth-order valence-electron chi connectivity index (χ4n) is 1.39. The molecule has 2 heteroatoms. The van der Waals surface area contributed by atoms with E-state index in [4.69, 9.17) is 17.3 Å².